The van der Waals surface area contributed by atoms with E-state index in [4.69, 9.17) is 9.63 Å². The lowest BCUT2D eigenvalue weighted by atomic mass is 9.91. The van der Waals surface area contributed by atoms with E-state index in [1.807, 2.05) is 12.1 Å². The highest BCUT2D eigenvalue weighted by atomic mass is 16.5. The zero-order valence-corrected chi connectivity index (χ0v) is 12.2. The molecule has 1 aromatic heterocycles. The molecule has 1 aliphatic rings. The monoisotopic (exact) mass is 288 g/mol. The SMILES string of the molecule is Cc1ccc2onc(CCC3CCN(C(=O)O)CC3)c2c1. The van der Waals surface area contributed by atoms with Crippen molar-refractivity contribution in [2.75, 3.05) is 13.1 Å². The van der Waals surface area contributed by atoms with E-state index >= 15 is 0 Å². The number of aromatic nitrogens is 1. The van der Waals surface area contributed by atoms with Gasteiger partial charge in [0.2, 0.25) is 0 Å². The van der Waals surface area contributed by atoms with Crippen LogP contribution in [0.1, 0.15) is 30.5 Å². The molecule has 1 amide bonds. The van der Waals surface area contributed by atoms with Crippen LogP contribution in [0.4, 0.5) is 4.79 Å². The highest BCUT2D eigenvalue weighted by Crippen LogP contribution is 2.25. The van der Waals surface area contributed by atoms with Gasteiger partial charge in [0.25, 0.3) is 0 Å². The van der Waals surface area contributed by atoms with E-state index in [0.717, 1.165) is 42.3 Å². The fourth-order valence-corrected chi connectivity index (χ4v) is 3.04. The Morgan fingerprint density at radius 3 is 2.90 bits per heavy atom. The number of fused-ring (bicyclic) bond motifs is 1. The lowest BCUT2D eigenvalue weighted by molar-refractivity contribution is 0.123. The molecule has 0 spiro atoms. The Kier molecular flexibility index (Phi) is 3.82. The Morgan fingerprint density at radius 2 is 2.19 bits per heavy atom. The number of hydrogen-bond acceptors (Lipinski definition) is 3. The minimum atomic E-state index is -0.800. The first-order valence-corrected chi connectivity index (χ1v) is 7.46. The van der Waals surface area contributed by atoms with Crippen molar-refractivity contribution in [3.05, 3.63) is 29.5 Å². The average molecular weight is 288 g/mol. The molecule has 0 atom stereocenters. The number of carboxylic acid groups (broad SMARTS) is 1. The van der Waals surface area contributed by atoms with Crippen molar-refractivity contribution in [3.63, 3.8) is 0 Å². The number of carbonyl (C=O) groups is 1. The summed E-state index contributed by atoms with van der Waals surface area (Å²) in [6.07, 6.45) is 3.03. The van der Waals surface area contributed by atoms with Crippen LogP contribution in [0, 0.1) is 12.8 Å². The Balaban J connectivity index is 1.60. The van der Waals surface area contributed by atoms with Crippen LogP contribution in [0.2, 0.25) is 0 Å². The van der Waals surface area contributed by atoms with Gasteiger partial charge in [-0.2, -0.15) is 0 Å². The molecule has 2 heterocycles. The van der Waals surface area contributed by atoms with Crippen molar-refractivity contribution in [2.45, 2.75) is 32.6 Å². The molecular formula is C16H20N2O3. The summed E-state index contributed by atoms with van der Waals surface area (Å²) in [6.45, 7) is 3.37. The van der Waals surface area contributed by atoms with E-state index in [1.54, 1.807) is 0 Å². The van der Waals surface area contributed by atoms with Gasteiger partial charge in [-0.3, -0.25) is 0 Å². The second-order valence-electron chi connectivity index (χ2n) is 5.88. The molecule has 1 fully saturated rings. The normalized spacial score (nSPS) is 16.5. The lowest BCUT2D eigenvalue weighted by Crippen LogP contribution is -2.37. The highest BCUT2D eigenvalue weighted by Gasteiger charge is 2.22. The summed E-state index contributed by atoms with van der Waals surface area (Å²) in [5.41, 5.74) is 3.08. The molecule has 1 N–H and O–H groups in total. The number of hydrogen-bond donors (Lipinski definition) is 1. The summed E-state index contributed by atoms with van der Waals surface area (Å²) < 4.78 is 5.36. The van der Waals surface area contributed by atoms with Gasteiger partial charge in [0.05, 0.1) is 5.69 Å². The molecule has 0 unspecified atom stereocenters. The van der Waals surface area contributed by atoms with E-state index < -0.39 is 6.09 Å². The molecule has 5 heteroatoms. The standard InChI is InChI=1S/C16H20N2O3/c1-11-2-5-15-13(10-11)14(17-21-15)4-3-12-6-8-18(9-7-12)16(19)20/h2,5,10,12H,3-4,6-9H2,1H3,(H,19,20). The largest absolute Gasteiger partial charge is 0.465 e. The molecule has 21 heavy (non-hydrogen) atoms. The zero-order chi connectivity index (χ0) is 14.8. The average Bonchev–Trinajstić information content (AvgIpc) is 2.88. The van der Waals surface area contributed by atoms with Gasteiger partial charge in [-0.1, -0.05) is 16.8 Å². The first kappa shape index (κ1) is 13.9. The minimum absolute atomic E-state index is 0.581. The first-order valence-electron chi connectivity index (χ1n) is 7.46. The van der Waals surface area contributed by atoms with Crippen LogP contribution in [0.5, 0.6) is 0 Å². The van der Waals surface area contributed by atoms with E-state index in [-0.39, 0.29) is 0 Å². The summed E-state index contributed by atoms with van der Waals surface area (Å²) in [4.78, 5) is 12.4. The Bertz CT molecular complexity index is 642. The topological polar surface area (TPSA) is 66.6 Å². The van der Waals surface area contributed by atoms with Crippen LogP contribution >= 0.6 is 0 Å². The van der Waals surface area contributed by atoms with Crippen LogP contribution in [0.25, 0.3) is 11.0 Å². The van der Waals surface area contributed by atoms with E-state index in [1.165, 1.54) is 10.5 Å². The van der Waals surface area contributed by atoms with Crippen molar-refractivity contribution < 1.29 is 14.4 Å². The summed E-state index contributed by atoms with van der Waals surface area (Å²) in [5, 5.41) is 14.2. The predicted octanol–water partition coefficient (Wildman–Crippen LogP) is 3.46. The molecule has 5 nitrogen and oxygen atoms in total. The maximum Gasteiger partial charge on any atom is 0.407 e. The molecule has 1 aliphatic heterocycles. The molecule has 0 radical (unpaired) electrons. The van der Waals surface area contributed by atoms with Gasteiger partial charge < -0.3 is 14.5 Å². The van der Waals surface area contributed by atoms with Crippen molar-refractivity contribution in [1.29, 1.82) is 0 Å². The number of amides is 1. The van der Waals surface area contributed by atoms with Gasteiger partial charge in [0, 0.05) is 18.5 Å². The van der Waals surface area contributed by atoms with Crippen LogP contribution in [0.15, 0.2) is 22.7 Å². The maximum atomic E-state index is 10.9. The van der Waals surface area contributed by atoms with E-state index in [0.29, 0.717) is 19.0 Å². The minimum Gasteiger partial charge on any atom is -0.465 e. The molecule has 1 saturated heterocycles. The third-order valence-electron chi connectivity index (χ3n) is 4.37. The van der Waals surface area contributed by atoms with Gasteiger partial charge >= 0.3 is 6.09 Å². The van der Waals surface area contributed by atoms with Crippen molar-refractivity contribution in [3.8, 4) is 0 Å². The molecule has 2 aromatic rings. The second-order valence-corrected chi connectivity index (χ2v) is 5.88. The molecule has 0 saturated carbocycles. The van der Waals surface area contributed by atoms with Crippen LogP contribution in [-0.2, 0) is 6.42 Å². The maximum absolute atomic E-state index is 10.9. The smallest absolute Gasteiger partial charge is 0.407 e. The van der Waals surface area contributed by atoms with Crippen molar-refractivity contribution >= 4 is 17.1 Å². The van der Waals surface area contributed by atoms with Crippen molar-refractivity contribution in [2.24, 2.45) is 5.92 Å². The number of aryl methyl sites for hydroxylation is 2. The van der Waals surface area contributed by atoms with Crippen LogP contribution in [0.3, 0.4) is 0 Å². The van der Waals surface area contributed by atoms with Gasteiger partial charge in [-0.15, -0.1) is 0 Å². The summed E-state index contributed by atoms with van der Waals surface area (Å²) in [7, 11) is 0. The van der Waals surface area contributed by atoms with Gasteiger partial charge in [-0.05, 0) is 50.7 Å². The van der Waals surface area contributed by atoms with Crippen LogP contribution in [-0.4, -0.2) is 34.3 Å². The molecular weight excluding hydrogens is 268 g/mol. The Morgan fingerprint density at radius 1 is 1.43 bits per heavy atom. The molecule has 1 aromatic carbocycles. The number of rotatable bonds is 3. The molecule has 0 bridgehead atoms. The van der Waals surface area contributed by atoms with E-state index in [2.05, 4.69) is 18.1 Å². The fraction of sp³-hybridized carbons (Fsp3) is 0.500. The Labute approximate surface area is 123 Å². The Hall–Kier alpha value is -2.04. The van der Waals surface area contributed by atoms with Crippen LogP contribution < -0.4 is 0 Å². The van der Waals surface area contributed by atoms with Gasteiger partial charge in [0.15, 0.2) is 5.58 Å². The molecule has 3 rings (SSSR count). The second kappa shape index (κ2) is 5.76. The van der Waals surface area contributed by atoms with Gasteiger partial charge in [0.1, 0.15) is 0 Å². The first-order chi connectivity index (χ1) is 10.1. The van der Waals surface area contributed by atoms with E-state index in [9.17, 15) is 4.79 Å². The summed E-state index contributed by atoms with van der Waals surface area (Å²) in [5.74, 6) is 0.581. The zero-order valence-electron chi connectivity index (χ0n) is 12.2. The summed E-state index contributed by atoms with van der Waals surface area (Å²) in [6, 6.07) is 6.11. The highest BCUT2D eigenvalue weighted by molar-refractivity contribution is 5.80. The quantitative estimate of drug-likeness (QED) is 0.939. The molecule has 0 aliphatic carbocycles. The number of piperidine rings is 1. The number of nitrogens with zero attached hydrogens (tertiary/aromatic N) is 2. The fourth-order valence-electron chi connectivity index (χ4n) is 3.04. The number of likely N-dealkylation sites (tertiary alicyclic amines) is 1. The molecule has 112 valence electrons. The number of benzene rings is 1. The third-order valence-corrected chi connectivity index (χ3v) is 4.37. The third kappa shape index (κ3) is 3.01. The predicted molar refractivity (Wildman–Crippen MR) is 79.4 cm³/mol. The summed E-state index contributed by atoms with van der Waals surface area (Å²) >= 11 is 0. The van der Waals surface area contributed by atoms with Gasteiger partial charge in [-0.25, -0.2) is 4.79 Å². The van der Waals surface area contributed by atoms with Crippen molar-refractivity contribution in [1.82, 2.24) is 10.1 Å². The lowest BCUT2D eigenvalue weighted by Gasteiger charge is -2.29.